The zero-order valence-corrected chi connectivity index (χ0v) is 67.7. The molecule has 5 aromatic rings. The molecule has 0 amide bonds. The Morgan fingerprint density at radius 3 is 1.26 bits per heavy atom. The maximum atomic E-state index is 12.1. The number of carboxylic acid groups (broad SMARTS) is 1. The van der Waals surface area contributed by atoms with Gasteiger partial charge >= 0.3 is 47.8 Å². The van der Waals surface area contributed by atoms with Crippen LogP contribution in [0.25, 0.3) is 0 Å². The molecule has 3 fully saturated rings. The lowest BCUT2D eigenvalue weighted by molar-refractivity contribution is -0.245. The van der Waals surface area contributed by atoms with E-state index in [0.717, 1.165) is 28.7 Å². The number of rotatable bonds is 11. The second-order valence-electron chi connectivity index (χ2n) is 23.4. The molecule has 5 N–H and O–H groups in total. The second kappa shape index (κ2) is 46.7. The zero-order valence-electron chi connectivity index (χ0n) is 60.3. The molecular formula is C69H71Cl11FN5O24. The molecule has 5 aromatic carbocycles. The summed E-state index contributed by atoms with van der Waals surface area (Å²) in [6.07, 6.45) is 0.668. The number of methoxy groups -OCH3 is 2. The van der Waals surface area contributed by atoms with E-state index >= 15 is 0 Å². The normalized spacial score (nSPS) is 18.0. The van der Waals surface area contributed by atoms with Gasteiger partial charge in [0.2, 0.25) is 0 Å². The summed E-state index contributed by atoms with van der Waals surface area (Å²) in [7, 11) is 2.07. The lowest BCUT2D eigenvalue weighted by Gasteiger charge is -2.33. The second-order valence-corrected chi connectivity index (χ2v) is 27.5. The van der Waals surface area contributed by atoms with Gasteiger partial charge in [0.05, 0.1) is 109 Å². The molecule has 6 heterocycles. The fourth-order valence-electron chi connectivity index (χ4n) is 8.81. The van der Waals surface area contributed by atoms with Gasteiger partial charge in [0.25, 0.3) is 17.4 Å². The summed E-state index contributed by atoms with van der Waals surface area (Å²) >= 11 is 58.1. The lowest BCUT2D eigenvalue weighted by Crippen LogP contribution is -2.50. The molecule has 3 atom stereocenters. The number of hydrogen-bond donors (Lipinski definition) is 4. The van der Waals surface area contributed by atoms with Crippen molar-refractivity contribution in [3.63, 3.8) is 0 Å². The topological polar surface area (TPSA) is 401 Å². The number of esters is 7. The fourth-order valence-corrected chi connectivity index (χ4v) is 10.3. The average Bonchev–Trinajstić information content (AvgIpc) is 1.73. The monoisotopic (exact) mass is 1760 g/mol. The van der Waals surface area contributed by atoms with Gasteiger partial charge in [-0.2, -0.15) is 4.94 Å². The van der Waals surface area contributed by atoms with Crippen molar-refractivity contribution >= 4 is 205 Å². The molecule has 3 unspecified atom stereocenters. The number of nitrogens with two attached hydrogens (primary N) is 1. The van der Waals surface area contributed by atoms with Gasteiger partial charge in [0, 0.05) is 88.6 Å². The number of aliphatic carboxylic acids is 1. The number of oxime groups is 4. The van der Waals surface area contributed by atoms with Crippen molar-refractivity contribution in [2.75, 3.05) is 21.3 Å². The van der Waals surface area contributed by atoms with E-state index in [1.165, 1.54) is 62.7 Å². The van der Waals surface area contributed by atoms with Crippen molar-refractivity contribution in [1.29, 1.82) is 0 Å². The first-order chi connectivity index (χ1) is 51.5. The number of cyclic esters (lactones) is 6. The number of carbonyl (C=O) groups excluding carboxylic acids is 8. The van der Waals surface area contributed by atoms with Gasteiger partial charge in [-0.3, -0.25) is 33.6 Å². The Morgan fingerprint density at radius 1 is 0.555 bits per heavy atom. The molecule has 41 heteroatoms. The van der Waals surface area contributed by atoms with E-state index < -0.39 is 84.4 Å². The molecule has 0 saturated carbocycles. The minimum absolute atomic E-state index is 0. The number of nitrogens with zero attached hydrogens (tertiary/aromatic N) is 4. The highest BCUT2D eigenvalue weighted by molar-refractivity contribution is 6.44. The maximum absolute atomic E-state index is 12.1. The summed E-state index contributed by atoms with van der Waals surface area (Å²) < 4.78 is 54.1. The predicted octanol–water partition coefficient (Wildman–Crippen LogP) is 16.2. The lowest BCUT2D eigenvalue weighted by atomic mass is 9.95. The van der Waals surface area contributed by atoms with Crippen molar-refractivity contribution in [3.05, 3.63) is 181 Å². The van der Waals surface area contributed by atoms with Crippen LogP contribution in [-0.2, 0) is 95.7 Å². The quantitative estimate of drug-likeness (QED) is 0.00911. The Hall–Kier alpha value is -8.05. The molecule has 0 aromatic heterocycles. The van der Waals surface area contributed by atoms with Gasteiger partial charge < -0.3 is 67.9 Å². The molecule has 0 radical (unpaired) electrons. The molecule has 110 heavy (non-hydrogen) atoms. The van der Waals surface area contributed by atoms with Crippen LogP contribution in [0.2, 0.25) is 50.2 Å². The molecule has 3 saturated heterocycles. The van der Waals surface area contributed by atoms with Crippen LogP contribution in [0.3, 0.4) is 0 Å². The van der Waals surface area contributed by atoms with Crippen molar-refractivity contribution in [2.45, 2.75) is 130 Å². The molecule has 600 valence electrons. The number of carbonyl (C=O) groups is 9. The third kappa shape index (κ3) is 32.7. The summed E-state index contributed by atoms with van der Waals surface area (Å²) in [5.74, 6) is -6.30. The summed E-state index contributed by atoms with van der Waals surface area (Å²) in [5.41, 5.74) is 5.97. The van der Waals surface area contributed by atoms with Crippen LogP contribution in [-0.4, -0.2) is 149 Å². The van der Waals surface area contributed by atoms with Crippen LogP contribution in [0.15, 0.2) is 123 Å². The largest absolute Gasteiger partial charge is 0.503 e. The Labute approximate surface area is 686 Å². The van der Waals surface area contributed by atoms with Crippen molar-refractivity contribution in [2.24, 2.45) is 32.4 Å². The Kier molecular flexibility index (Phi) is 40.8. The number of hydrogen-bond acceptors (Lipinski definition) is 28. The molecule has 6 aliphatic rings. The van der Waals surface area contributed by atoms with Crippen LogP contribution in [0.1, 0.15) is 128 Å². The number of benzene rings is 5. The number of ketones is 1. The number of Topliss-reactive ketones (excluding diaryl/α,β-unsaturated/α-hetero) is 1. The Balaban J connectivity index is 0.000000441. The minimum atomic E-state index is -1.27. The van der Waals surface area contributed by atoms with E-state index in [9.17, 15) is 47.7 Å². The van der Waals surface area contributed by atoms with E-state index in [4.69, 9.17) is 166 Å². The van der Waals surface area contributed by atoms with Crippen molar-refractivity contribution in [3.8, 4) is 0 Å². The highest BCUT2D eigenvalue weighted by Crippen LogP contribution is 2.34. The summed E-state index contributed by atoms with van der Waals surface area (Å²) in [4.78, 5) is 118. The van der Waals surface area contributed by atoms with Crippen LogP contribution in [0.4, 0.5) is 4.53 Å². The zero-order chi connectivity index (χ0) is 83.1. The van der Waals surface area contributed by atoms with Crippen molar-refractivity contribution < 1.29 is 122 Å². The number of halogens is 12. The third-order valence-electron chi connectivity index (χ3n) is 13.7. The molecule has 0 bridgehead atoms. The van der Waals surface area contributed by atoms with Crippen molar-refractivity contribution in [1.82, 2.24) is 0 Å². The first-order valence-electron chi connectivity index (χ1n) is 31.6. The molecule has 0 aliphatic carbocycles. The Bertz CT molecular complexity index is 4240. The van der Waals surface area contributed by atoms with E-state index in [-0.39, 0.29) is 61.5 Å². The van der Waals surface area contributed by atoms with Gasteiger partial charge in [0.15, 0.2) is 23.4 Å². The van der Waals surface area contributed by atoms with E-state index in [1.54, 1.807) is 91.9 Å². The predicted molar refractivity (Wildman–Crippen MR) is 407 cm³/mol. The van der Waals surface area contributed by atoms with Crippen LogP contribution >= 0.6 is 128 Å². The number of ether oxygens (including phenoxy) is 8. The fraction of sp³-hybridized carbons (Fsp3) is 0.348. The van der Waals surface area contributed by atoms with Gasteiger partial charge in [-0.25, -0.2) is 15.5 Å². The molecule has 6 aliphatic heterocycles. The average molecular weight is 1770 g/mol. The highest BCUT2D eigenvalue weighted by Gasteiger charge is 2.50. The standard InChI is InChI=1S/C15H13Cl2NO5.C12H11Cl2NO3.C11H9Cl2NO3.C8H7Cl2NO.C8H6Cl2O.C8H10O5.C6H8O4.CH3FO.ClH.H3NO/c1-15(2)21-13(19)12(14(20)22-15)11-6-10(18-23-11)7-3-4-8(16)9(17)5-7;1-17-12(16)6-8-5-11(15-18-8)7-2-3-9(13)10(14)4-7;12-8-2-1-6(3-9(8)13)10-4-7(17-14-10)5-11(15)16;1-5(11-12)6-2-3-7(9)8(10)4-6;1-5(11)6-2-3-7(9)8(10)4-6;1-8(2)12-6(9)5(4-11-3)7(10)13-8;1-6(2)9-4(7)3-5(8)10-6;1-3-2;;1-2/h3-5,11-12H,6H2,1-2H3;2-4,8H,5-6H2,1H3;1-3,7H,4-5H2,(H,15,16);2-4,12H,1H3;2-4H,1H3;4H,1-3H3;3H2,1-2H3;1H3;1H;2H,1H2/b;;;11-5+;;;;;;/i;;;;;;;1T;;. The van der Waals surface area contributed by atoms with Crippen LogP contribution < -0.4 is 5.90 Å². The van der Waals surface area contributed by atoms with E-state index in [0.29, 0.717) is 91.3 Å². The first-order valence-corrected chi connectivity index (χ1v) is 34.6. The third-order valence-corrected chi connectivity index (χ3v) is 17.4. The summed E-state index contributed by atoms with van der Waals surface area (Å²) in [6.45, 7) is 12.1. The smallest absolute Gasteiger partial charge is 0.352 e. The number of carboxylic acids is 1. The first kappa shape index (κ1) is 96.2. The van der Waals surface area contributed by atoms with Gasteiger partial charge in [0.1, 0.15) is 24.9 Å². The minimum Gasteiger partial charge on any atom is -0.503 e. The maximum Gasteiger partial charge on any atom is 0.352 e. The van der Waals surface area contributed by atoms with Gasteiger partial charge in [-0.15, -0.1) is 12.4 Å². The summed E-state index contributed by atoms with van der Waals surface area (Å²) in [5, 5.41) is 42.9. The van der Waals surface area contributed by atoms with Gasteiger partial charge in [-0.1, -0.05) is 161 Å². The summed E-state index contributed by atoms with van der Waals surface area (Å²) in [6, 6.07) is 25.3. The van der Waals surface area contributed by atoms with E-state index in [1.807, 2.05) is 6.07 Å². The van der Waals surface area contributed by atoms with Crippen LogP contribution in [0.5, 0.6) is 0 Å². The highest BCUT2D eigenvalue weighted by atomic mass is 35.5. The Morgan fingerprint density at radius 2 is 0.909 bits per heavy atom. The molecule has 29 nitrogen and oxygen atoms in total. The van der Waals surface area contributed by atoms with E-state index in [2.05, 4.69) is 50.4 Å². The molecule has 11 rings (SSSR count). The molecule has 0 spiro atoms. The SMILES string of the molecule is C/C(=N\O)c1ccc(Cl)c(Cl)c1.CC(=O)c1ccc(Cl)c(Cl)c1.CC1(C)OC(=O)C(C2CC(c3ccc(Cl)c(Cl)c3)=NO2)C(=O)O1.CC1(C)OC(=O)CC(=O)O1.COC(=O)CC1CC(c2ccc(Cl)c(Cl)c2)=NO1.COC=C1C(=O)OC(C)(C)OC1=O.Cl.NO.O=C(O)CC1CC(c2ccc(Cl)c(Cl)c2)=NO1.[3H]COF. The van der Waals surface area contributed by atoms with Crippen LogP contribution in [0, 0.1) is 5.92 Å². The molecular weight excluding hydrogens is 1690 g/mol. The van der Waals surface area contributed by atoms with Gasteiger partial charge in [-0.05, 0) is 85.1 Å².